The van der Waals surface area contributed by atoms with Crippen LogP contribution in [0.4, 0.5) is 5.69 Å². The lowest BCUT2D eigenvalue weighted by Gasteiger charge is -2.19. The van der Waals surface area contributed by atoms with E-state index in [4.69, 9.17) is 10.5 Å². The number of ether oxygens (including phenoxy) is 1. The molecule has 1 aromatic carbocycles. The van der Waals surface area contributed by atoms with Crippen molar-refractivity contribution in [2.24, 2.45) is 11.7 Å². The van der Waals surface area contributed by atoms with Crippen LogP contribution in [0.15, 0.2) is 30.3 Å². The molecule has 2 heterocycles. The monoisotopic (exact) mass is 303 g/mol. The topological polar surface area (TPSA) is 67.6 Å². The maximum Gasteiger partial charge on any atom is 0.249 e. The number of hydrogen-bond acceptors (Lipinski definition) is 4. The van der Waals surface area contributed by atoms with Gasteiger partial charge in [-0.2, -0.15) is 0 Å². The molecule has 22 heavy (non-hydrogen) atoms. The van der Waals surface area contributed by atoms with Gasteiger partial charge in [0, 0.05) is 31.9 Å². The van der Waals surface area contributed by atoms with Crippen LogP contribution in [-0.4, -0.2) is 44.3 Å². The third kappa shape index (κ3) is 3.59. The molecule has 1 aromatic rings. The van der Waals surface area contributed by atoms with Crippen LogP contribution >= 0.6 is 0 Å². The third-order valence-electron chi connectivity index (χ3n) is 4.64. The van der Waals surface area contributed by atoms with E-state index in [0.717, 1.165) is 38.9 Å². The molecular formula is C17H25N3O2. The fraction of sp³-hybridized carbons (Fsp3) is 0.588. The van der Waals surface area contributed by atoms with Crippen LogP contribution in [0.25, 0.3) is 0 Å². The number of nitrogens with one attached hydrogen (secondary N) is 1. The first-order chi connectivity index (χ1) is 10.8. The van der Waals surface area contributed by atoms with Crippen molar-refractivity contribution in [1.82, 2.24) is 5.32 Å². The lowest BCUT2D eigenvalue weighted by Crippen LogP contribution is -2.38. The zero-order valence-electron chi connectivity index (χ0n) is 12.9. The van der Waals surface area contributed by atoms with Crippen molar-refractivity contribution in [3.8, 4) is 0 Å². The highest BCUT2D eigenvalue weighted by Gasteiger charge is 2.30. The summed E-state index contributed by atoms with van der Waals surface area (Å²) >= 11 is 0. The summed E-state index contributed by atoms with van der Waals surface area (Å²) in [7, 11) is 0. The summed E-state index contributed by atoms with van der Waals surface area (Å²) in [5.74, 6) is 0.532. The molecule has 0 radical (unpaired) electrons. The van der Waals surface area contributed by atoms with Crippen LogP contribution in [-0.2, 0) is 9.53 Å². The molecule has 3 N–H and O–H groups in total. The molecule has 5 nitrogen and oxygen atoms in total. The maximum absolute atomic E-state index is 12.1. The molecule has 3 atom stereocenters. The van der Waals surface area contributed by atoms with Gasteiger partial charge in [0.2, 0.25) is 5.91 Å². The molecule has 1 unspecified atom stereocenters. The average Bonchev–Trinajstić information content (AvgIpc) is 3.22. The van der Waals surface area contributed by atoms with E-state index < -0.39 is 0 Å². The molecule has 2 aliphatic rings. The molecule has 0 spiro atoms. The van der Waals surface area contributed by atoms with Crippen LogP contribution in [0, 0.1) is 5.92 Å². The van der Waals surface area contributed by atoms with Crippen molar-refractivity contribution >= 4 is 11.6 Å². The number of rotatable bonds is 5. The Hall–Kier alpha value is -1.59. The van der Waals surface area contributed by atoms with Gasteiger partial charge in [-0.25, -0.2) is 0 Å². The van der Waals surface area contributed by atoms with E-state index in [1.807, 2.05) is 6.07 Å². The summed E-state index contributed by atoms with van der Waals surface area (Å²) in [5, 5.41) is 3.05. The zero-order chi connectivity index (χ0) is 15.4. The van der Waals surface area contributed by atoms with Gasteiger partial charge in [0.1, 0.15) is 6.10 Å². The summed E-state index contributed by atoms with van der Waals surface area (Å²) in [4.78, 5) is 14.5. The van der Waals surface area contributed by atoms with Gasteiger partial charge in [0.25, 0.3) is 0 Å². The van der Waals surface area contributed by atoms with Gasteiger partial charge in [-0.1, -0.05) is 18.2 Å². The van der Waals surface area contributed by atoms with Crippen molar-refractivity contribution in [1.29, 1.82) is 0 Å². The van der Waals surface area contributed by atoms with Crippen LogP contribution < -0.4 is 16.0 Å². The fourth-order valence-electron chi connectivity index (χ4n) is 3.30. The zero-order valence-corrected chi connectivity index (χ0v) is 12.9. The molecule has 1 amide bonds. The first-order valence-corrected chi connectivity index (χ1v) is 8.19. The van der Waals surface area contributed by atoms with Crippen LogP contribution in [0.1, 0.15) is 19.3 Å². The lowest BCUT2D eigenvalue weighted by molar-refractivity contribution is -0.132. The Morgan fingerprint density at radius 2 is 2.09 bits per heavy atom. The second-order valence-corrected chi connectivity index (χ2v) is 6.24. The Balaban J connectivity index is 1.42. The standard InChI is InChI=1S/C17H25N3O2/c18-10-15-6-7-16(22-15)17(21)19-11-13-8-9-20(12-13)14-4-2-1-3-5-14/h1-5,13,15-16H,6-12,18H2,(H,19,21)/t13?,15-,16+/m1/s1. The van der Waals surface area contributed by atoms with E-state index in [0.29, 0.717) is 12.5 Å². The maximum atomic E-state index is 12.1. The Bertz CT molecular complexity index is 494. The van der Waals surface area contributed by atoms with Crippen molar-refractivity contribution in [3.05, 3.63) is 30.3 Å². The van der Waals surface area contributed by atoms with E-state index >= 15 is 0 Å². The summed E-state index contributed by atoms with van der Waals surface area (Å²) in [6.45, 7) is 3.29. The predicted octanol–water partition coefficient (Wildman–Crippen LogP) is 1.14. The number of benzene rings is 1. The van der Waals surface area contributed by atoms with Gasteiger partial charge in [-0.3, -0.25) is 4.79 Å². The minimum atomic E-state index is -0.305. The molecule has 2 fully saturated rings. The minimum absolute atomic E-state index is 0.0223. The van der Waals surface area contributed by atoms with Gasteiger partial charge >= 0.3 is 0 Å². The Labute approximate surface area is 131 Å². The summed E-state index contributed by atoms with van der Waals surface area (Å²) in [6, 6.07) is 10.4. The number of carbonyl (C=O) groups excluding carboxylic acids is 1. The Morgan fingerprint density at radius 3 is 2.82 bits per heavy atom. The van der Waals surface area contributed by atoms with Crippen molar-refractivity contribution < 1.29 is 9.53 Å². The van der Waals surface area contributed by atoms with Gasteiger partial charge in [0.05, 0.1) is 6.10 Å². The molecule has 120 valence electrons. The fourth-order valence-corrected chi connectivity index (χ4v) is 3.30. The number of amides is 1. The lowest BCUT2D eigenvalue weighted by atomic mass is 10.1. The highest BCUT2D eigenvalue weighted by atomic mass is 16.5. The molecular weight excluding hydrogens is 278 g/mol. The summed E-state index contributed by atoms with van der Waals surface area (Å²) in [6.07, 6.45) is 2.54. The number of anilines is 1. The predicted molar refractivity (Wildman–Crippen MR) is 86.7 cm³/mol. The van der Waals surface area contributed by atoms with Crippen LogP contribution in [0.2, 0.25) is 0 Å². The minimum Gasteiger partial charge on any atom is -0.371 e. The second-order valence-electron chi connectivity index (χ2n) is 6.24. The van der Waals surface area contributed by atoms with E-state index in [9.17, 15) is 4.79 Å². The SMILES string of the molecule is NC[C@H]1CC[C@@H](C(=O)NCC2CCN(c3ccccc3)C2)O1. The van der Waals surface area contributed by atoms with E-state index in [2.05, 4.69) is 34.5 Å². The third-order valence-corrected chi connectivity index (χ3v) is 4.64. The summed E-state index contributed by atoms with van der Waals surface area (Å²) < 4.78 is 5.63. The highest BCUT2D eigenvalue weighted by Crippen LogP contribution is 2.23. The molecule has 0 aromatic heterocycles. The van der Waals surface area contributed by atoms with Gasteiger partial charge in [-0.15, -0.1) is 0 Å². The Morgan fingerprint density at radius 1 is 1.27 bits per heavy atom. The molecule has 5 heteroatoms. The number of nitrogens with two attached hydrogens (primary N) is 1. The molecule has 3 rings (SSSR count). The van der Waals surface area contributed by atoms with Crippen LogP contribution in [0.3, 0.4) is 0 Å². The van der Waals surface area contributed by atoms with E-state index in [1.165, 1.54) is 5.69 Å². The first-order valence-electron chi connectivity index (χ1n) is 8.19. The van der Waals surface area contributed by atoms with Crippen LogP contribution in [0.5, 0.6) is 0 Å². The number of nitrogens with zero attached hydrogens (tertiary/aromatic N) is 1. The average molecular weight is 303 g/mol. The van der Waals surface area contributed by atoms with E-state index in [-0.39, 0.29) is 18.1 Å². The smallest absolute Gasteiger partial charge is 0.249 e. The van der Waals surface area contributed by atoms with Gasteiger partial charge in [-0.05, 0) is 37.3 Å². The normalized spacial score (nSPS) is 28.0. The molecule has 0 bridgehead atoms. The van der Waals surface area contributed by atoms with E-state index in [1.54, 1.807) is 0 Å². The number of para-hydroxylation sites is 1. The first kappa shape index (κ1) is 15.3. The largest absolute Gasteiger partial charge is 0.371 e. The van der Waals surface area contributed by atoms with Crippen molar-refractivity contribution in [2.45, 2.75) is 31.5 Å². The van der Waals surface area contributed by atoms with Crippen molar-refractivity contribution in [3.63, 3.8) is 0 Å². The second kappa shape index (κ2) is 7.11. The van der Waals surface area contributed by atoms with Crippen molar-refractivity contribution in [2.75, 3.05) is 31.1 Å². The molecule has 2 aliphatic heterocycles. The molecule has 0 aliphatic carbocycles. The number of hydrogen-bond donors (Lipinski definition) is 2. The molecule has 2 saturated heterocycles. The summed E-state index contributed by atoms with van der Waals surface area (Å²) in [5.41, 5.74) is 6.84. The quantitative estimate of drug-likeness (QED) is 0.856. The Kier molecular flexibility index (Phi) is 4.95. The van der Waals surface area contributed by atoms with Gasteiger partial charge in [0.15, 0.2) is 0 Å². The highest BCUT2D eigenvalue weighted by molar-refractivity contribution is 5.81. The molecule has 0 saturated carbocycles. The van der Waals surface area contributed by atoms with Gasteiger partial charge < -0.3 is 20.7 Å². The number of carbonyl (C=O) groups is 1.